The topological polar surface area (TPSA) is 147 Å². The van der Waals surface area contributed by atoms with Gasteiger partial charge < -0.3 is 9.84 Å². The number of non-ortho nitro benzene ring substituents is 1. The normalized spacial score (nSPS) is 31.5. The molecular weight excluding hydrogens is 693 g/mol. The van der Waals surface area contributed by atoms with Gasteiger partial charge in [-0.1, -0.05) is 45.2 Å². The van der Waals surface area contributed by atoms with Crippen molar-refractivity contribution in [3.63, 3.8) is 0 Å². The van der Waals surface area contributed by atoms with Crippen LogP contribution >= 0.6 is 50.7 Å². The number of anilines is 1. The van der Waals surface area contributed by atoms with Gasteiger partial charge in [0.15, 0.2) is 21.2 Å². The molecule has 2 aliphatic heterocycles. The number of nitro groups is 1. The van der Waals surface area contributed by atoms with Crippen LogP contribution in [0.5, 0.6) is 11.5 Å². The third-order valence-corrected chi connectivity index (χ3v) is 11.1. The Morgan fingerprint density at radius 1 is 1.12 bits per heavy atom. The number of hydrogen-bond acceptors (Lipinski definition) is 8. The van der Waals surface area contributed by atoms with Crippen LogP contribution in [-0.4, -0.2) is 60.9 Å². The SMILES string of the molecule is COc1cc([C@H]2C3=CC[C@@H]4C(=O)N(c5cccc([N+](=O)[O-])c5)C(=O)[C@@H]4[C@@H]3C[C@@]3(Cl)C(=O)N(CBr)C(=O)[C@@]23Cl)cc(Cl)c1O. The van der Waals surface area contributed by atoms with Crippen LogP contribution in [0.4, 0.5) is 11.4 Å². The van der Waals surface area contributed by atoms with Crippen molar-refractivity contribution >= 4 is 85.7 Å². The molecule has 2 aromatic rings. The second kappa shape index (κ2) is 10.2. The second-order valence-corrected chi connectivity index (χ2v) is 13.0. The number of phenols is 1. The number of likely N-dealkylation sites (tertiary alicyclic amines) is 1. The van der Waals surface area contributed by atoms with Crippen molar-refractivity contribution in [1.82, 2.24) is 4.90 Å². The number of nitrogens with zero attached hydrogens (tertiary/aromatic N) is 3. The fraction of sp³-hybridized carbons (Fsp3) is 0.357. The number of methoxy groups -OCH3 is 1. The standard InChI is InChI=1S/C28H21BrCl3N3O8/c1-43-19-8-12(7-18(30)22(19)36)21-15-5-6-16-20(17(15)10-27(31)25(39)33(11-29)26(40)28(21,27)32)24(38)34(23(16)37)13-3-2-4-14(9-13)35(41)42/h2-5,7-9,16-17,20-21,36H,6,10-11H2,1H3/t16-,17+,20-,21-,27+,28-/m0/s1. The third-order valence-electron chi connectivity index (χ3n) is 8.92. The summed E-state index contributed by atoms with van der Waals surface area (Å²) >= 11 is 23.9. The first-order chi connectivity index (χ1) is 20.3. The molecule has 1 N–H and O–H groups in total. The van der Waals surface area contributed by atoms with Crippen molar-refractivity contribution in [3.8, 4) is 11.5 Å². The van der Waals surface area contributed by atoms with E-state index in [4.69, 9.17) is 39.5 Å². The molecule has 224 valence electrons. The van der Waals surface area contributed by atoms with Crippen LogP contribution in [0.3, 0.4) is 0 Å². The molecule has 0 radical (unpaired) electrons. The summed E-state index contributed by atoms with van der Waals surface area (Å²) in [6.07, 6.45) is 1.60. The maximum atomic E-state index is 14.1. The van der Waals surface area contributed by atoms with Crippen LogP contribution in [0.25, 0.3) is 0 Å². The quantitative estimate of drug-likeness (QED) is 0.115. The van der Waals surface area contributed by atoms with Gasteiger partial charge in [-0.3, -0.25) is 34.2 Å². The Bertz CT molecular complexity index is 1690. The highest BCUT2D eigenvalue weighted by Gasteiger charge is 2.76. The molecule has 4 amide bonds. The van der Waals surface area contributed by atoms with Crippen LogP contribution in [0.1, 0.15) is 24.3 Å². The van der Waals surface area contributed by atoms with Gasteiger partial charge >= 0.3 is 0 Å². The van der Waals surface area contributed by atoms with E-state index >= 15 is 0 Å². The minimum atomic E-state index is -2.06. The van der Waals surface area contributed by atoms with Crippen LogP contribution in [0.2, 0.25) is 5.02 Å². The number of carbonyl (C=O) groups excluding carboxylic acids is 4. The van der Waals surface area contributed by atoms with E-state index in [2.05, 4.69) is 15.9 Å². The van der Waals surface area contributed by atoms with E-state index in [1.54, 1.807) is 6.08 Å². The van der Waals surface area contributed by atoms with Gasteiger partial charge in [0, 0.05) is 18.1 Å². The third kappa shape index (κ3) is 3.92. The van der Waals surface area contributed by atoms with Gasteiger partial charge in [0.1, 0.15) is 0 Å². The fourth-order valence-electron chi connectivity index (χ4n) is 7.04. The molecule has 11 nitrogen and oxygen atoms in total. The van der Waals surface area contributed by atoms with E-state index in [1.165, 1.54) is 37.4 Å². The van der Waals surface area contributed by atoms with Crippen molar-refractivity contribution in [2.24, 2.45) is 17.8 Å². The summed E-state index contributed by atoms with van der Waals surface area (Å²) in [4.78, 5) is 63.8. The molecule has 2 saturated heterocycles. The zero-order valence-corrected chi connectivity index (χ0v) is 26.0. The summed E-state index contributed by atoms with van der Waals surface area (Å²) < 4.78 is 5.29. The molecule has 2 aliphatic carbocycles. The molecule has 6 rings (SSSR count). The van der Waals surface area contributed by atoms with E-state index in [0.29, 0.717) is 11.1 Å². The molecule has 43 heavy (non-hydrogen) atoms. The first kappa shape index (κ1) is 29.9. The molecule has 6 atom stereocenters. The van der Waals surface area contributed by atoms with Gasteiger partial charge in [-0.25, -0.2) is 4.90 Å². The summed E-state index contributed by atoms with van der Waals surface area (Å²) in [7, 11) is 1.31. The van der Waals surface area contributed by atoms with E-state index in [0.717, 1.165) is 15.9 Å². The summed E-state index contributed by atoms with van der Waals surface area (Å²) in [6, 6.07) is 8.05. The number of amides is 4. The molecule has 1 saturated carbocycles. The van der Waals surface area contributed by atoms with E-state index in [9.17, 15) is 34.4 Å². The predicted molar refractivity (Wildman–Crippen MR) is 159 cm³/mol. The molecule has 2 heterocycles. The molecule has 0 spiro atoms. The average Bonchev–Trinajstić information content (AvgIpc) is 3.32. The van der Waals surface area contributed by atoms with Crippen LogP contribution in [-0.2, 0) is 19.2 Å². The van der Waals surface area contributed by atoms with E-state index < -0.39 is 62.0 Å². The lowest BCUT2D eigenvalue weighted by Crippen LogP contribution is -2.60. The van der Waals surface area contributed by atoms with Crippen molar-refractivity contribution in [3.05, 3.63) is 68.7 Å². The molecule has 0 aromatic heterocycles. The van der Waals surface area contributed by atoms with Gasteiger partial charge in [-0.05, 0) is 42.5 Å². The maximum absolute atomic E-state index is 14.1. The van der Waals surface area contributed by atoms with Crippen LogP contribution < -0.4 is 9.64 Å². The number of ether oxygens (including phenoxy) is 1. The van der Waals surface area contributed by atoms with Gasteiger partial charge in [0.2, 0.25) is 11.8 Å². The first-order valence-corrected chi connectivity index (χ1v) is 15.3. The number of hydrogen-bond donors (Lipinski definition) is 1. The molecule has 3 fully saturated rings. The lowest BCUT2D eigenvalue weighted by molar-refractivity contribution is -0.384. The fourth-order valence-corrected chi connectivity index (χ4v) is 8.69. The molecule has 0 unspecified atom stereocenters. The minimum Gasteiger partial charge on any atom is -0.503 e. The van der Waals surface area contributed by atoms with Crippen molar-refractivity contribution in [1.29, 1.82) is 0 Å². The number of carbonyl (C=O) groups is 4. The second-order valence-electron chi connectivity index (χ2n) is 10.8. The molecular formula is C28H21BrCl3N3O8. The zero-order chi connectivity index (χ0) is 31.2. The number of phenolic OH excluding ortho intramolecular Hbond substituents is 1. The van der Waals surface area contributed by atoms with Crippen molar-refractivity contribution < 1.29 is 33.9 Å². The van der Waals surface area contributed by atoms with Gasteiger partial charge in [-0.2, -0.15) is 0 Å². The molecule has 2 aromatic carbocycles. The lowest BCUT2D eigenvalue weighted by Gasteiger charge is -2.50. The summed E-state index contributed by atoms with van der Waals surface area (Å²) in [6.45, 7) is 0. The lowest BCUT2D eigenvalue weighted by atomic mass is 9.56. The van der Waals surface area contributed by atoms with E-state index in [1.807, 2.05) is 0 Å². The smallest absolute Gasteiger partial charge is 0.271 e. The first-order valence-electron chi connectivity index (χ1n) is 13.0. The summed E-state index contributed by atoms with van der Waals surface area (Å²) in [5.41, 5.74) is 0.384. The van der Waals surface area contributed by atoms with Crippen molar-refractivity contribution in [2.45, 2.75) is 28.5 Å². The Morgan fingerprint density at radius 2 is 1.84 bits per heavy atom. The molecule has 0 bridgehead atoms. The Balaban J connectivity index is 1.53. The van der Waals surface area contributed by atoms with Crippen LogP contribution in [0, 0.1) is 27.9 Å². The van der Waals surface area contributed by atoms with Crippen LogP contribution in [0.15, 0.2) is 48.0 Å². The Labute approximate surface area is 267 Å². The average molecular weight is 714 g/mol. The van der Waals surface area contributed by atoms with Crippen molar-refractivity contribution in [2.75, 3.05) is 17.5 Å². The minimum absolute atomic E-state index is 0.0163. The number of rotatable bonds is 5. The number of nitro benzene ring substituents is 1. The highest BCUT2D eigenvalue weighted by molar-refractivity contribution is 9.09. The number of alkyl halides is 3. The predicted octanol–water partition coefficient (Wildman–Crippen LogP) is 4.88. The largest absolute Gasteiger partial charge is 0.503 e. The van der Waals surface area contributed by atoms with Gasteiger partial charge in [0.05, 0.1) is 40.0 Å². The monoisotopic (exact) mass is 711 g/mol. The van der Waals surface area contributed by atoms with E-state index in [-0.39, 0.29) is 46.2 Å². The molecule has 15 heteroatoms. The Hall–Kier alpha value is -3.19. The number of imide groups is 2. The Morgan fingerprint density at radius 3 is 2.49 bits per heavy atom. The van der Waals surface area contributed by atoms with Gasteiger partial charge in [0.25, 0.3) is 17.5 Å². The summed E-state index contributed by atoms with van der Waals surface area (Å²) in [5, 5.41) is 21.7. The number of benzene rings is 2. The number of aromatic hydroxyl groups is 1. The highest BCUT2D eigenvalue weighted by atomic mass is 79.9. The summed E-state index contributed by atoms with van der Waals surface area (Å²) in [5.74, 6) is -6.82. The number of fused-ring (bicyclic) bond motifs is 4. The zero-order valence-electron chi connectivity index (χ0n) is 22.1. The maximum Gasteiger partial charge on any atom is 0.271 e. The Kier molecular flexibility index (Phi) is 7.07. The number of halogens is 4. The number of allylic oxidation sites excluding steroid dienone is 2. The highest BCUT2D eigenvalue weighted by Crippen LogP contribution is 2.66. The molecule has 4 aliphatic rings. The van der Waals surface area contributed by atoms with Gasteiger partial charge in [-0.15, -0.1) is 23.2 Å².